The first-order valence-electron chi connectivity index (χ1n) is 7.61. The Hall–Kier alpha value is -0.0800. The first kappa shape index (κ1) is 13.4. The van der Waals surface area contributed by atoms with Crippen molar-refractivity contribution in [3.63, 3.8) is 0 Å². The SMILES string of the molecule is CCCNC(C1CC1)C1(OC)CCCCCC1. The quantitative estimate of drug-likeness (QED) is 0.716. The molecule has 0 radical (unpaired) electrons. The van der Waals surface area contributed by atoms with E-state index < -0.39 is 0 Å². The summed E-state index contributed by atoms with van der Waals surface area (Å²) in [5.41, 5.74) is 0.146. The third-order valence-corrected chi connectivity index (χ3v) is 4.63. The molecule has 2 aliphatic carbocycles. The predicted octanol–water partition coefficient (Wildman–Crippen LogP) is 3.50. The van der Waals surface area contributed by atoms with E-state index in [0.29, 0.717) is 6.04 Å². The van der Waals surface area contributed by atoms with E-state index >= 15 is 0 Å². The minimum atomic E-state index is 0.146. The van der Waals surface area contributed by atoms with Crippen molar-refractivity contribution in [2.75, 3.05) is 13.7 Å². The molecule has 2 nitrogen and oxygen atoms in total. The zero-order valence-corrected chi connectivity index (χ0v) is 11.6. The summed E-state index contributed by atoms with van der Waals surface area (Å²) in [7, 11) is 1.94. The summed E-state index contributed by atoms with van der Waals surface area (Å²) >= 11 is 0. The van der Waals surface area contributed by atoms with E-state index in [1.54, 1.807) is 0 Å². The highest BCUT2D eigenvalue weighted by Gasteiger charge is 2.46. The smallest absolute Gasteiger partial charge is 0.0833 e. The van der Waals surface area contributed by atoms with Gasteiger partial charge in [-0.2, -0.15) is 0 Å². The van der Waals surface area contributed by atoms with Gasteiger partial charge in [-0.25, -0.2) is 0 Å². The first-order valence-corrected chi connectivity index (χ1v) is 7.61. The Labute approximate surface area is 107 Å². The van der Waals surface area contributed by atoms with Crippen molar-refractivity contribution in [3.8, 4) is 0 Å². The summed E-state index contributed by atoms with van der Waals surface area (Å²) in [5, 5.41) is 3.80. The van der Waals surface area contributed by atoms with Gasteiger partial charge in [0, 0.05) is 13.2 Å². The summed E-state index contributed by atoms with van der Waals surface area (Å²) in [6.07, 6.45) is 12.1. The lowest BCUT2D eigenvalue weighted by molar-refractivity contribution is -0.0584. The van der Waals surface area contributed by atoms with E-state index in [1.165, 1.54) is 57.8 Å². The van der Waals surface area contributed by atoms with E-state index in [9.17, 15) is 0 Å². The monoisotopic (exact) mass is 239 g/mol. The minimum Gasteiger partial charge on any atom is -0.377 e. The van der Waals surface area contributed by atoms with Crippen molar-refractivity contribution in [3.05, 3.63) is 0 Å². The number of hydrogen-bond acceptors (Lipinski definition) is 2. The highest BCUT2D eigenvalue weighted by Crippen LogP contribution is 2.43. The van der Waals surface area contributed by atoms with Crippen LogP contribution in [0.3, 0.4) is 0 Å². The molecule has 2 aliphatic rings. The predicted molar refractivity (Wildman–Crippen MR) is 72.2 cm³/mol. The molecule has 2 fully saturated rings. The molecule has 2 heteroatoms. The van der Waals surface area contributed by atoms with Gasteiger partial charge < -0.3 is 10.1 Å². The molecule has 0 aromatic heterocycles. The zero-order chi connectivity index (χ0) is 12.1. The lowest BCUT2D eigenvalue weighted by Crippen LogP contribution is -2.53. The van der Waals surface area contributed by atoms with Crippen LogP contribution in [-0.4, -0.2) is 25.3 Å². The molecular weight excluding hydrogens is 210 g/mol. The average molecular weight is 239 g/mol. The second-order valence-corrected chi connectivity index (χ2v) is 5.95. The maximum atomic E-state index is 6.06. The summed E-state index contributed by atoms with van der Waals surface area (Å²) in [5.74, 6) is 0.889. The molecule has 17 heavy (non-hydrogen) atoms. The highest BCUT2D eigenvalue weighted by atomic mass is 16.5. The maximum absolute atomic E-state index is 6.06. The molecule has 0 aliphatic heterocycles. The number of ether oxygens (including phenoxy) is 1. The Kier molecular flexibility index (Phi) is 4.87. The maximum Gasteiger partial charge on any atom is 0.0833 e. The molecule has 0 spiro atoms. The van der Waals surface area contributed by atoms with Crippen LogP contribution in [0.25, 0.3) is 0 Å². The lowest BCUT2D eigenvalue weighted by atomic mass is 9.83. The van der Waals surface area contributed by atoms with Crippen LogP contribution in [0.5, 0.6) is 0 Å². The van der Waals surface area contributed by atoms with Gasteiger partial charge in [-0.15, -0.1) is 0 Å². The van der Waals surface area contributed by atoms with Gasteiger partial charge in [-0.1, -0.05) is 32.6 Å². The van der Waals surface area contributed by atoms with Gasteiger partial charge in [-0.3, -0.25) is 0 Å². The van der Waals surface area contributed by atoms with E-state index in [2.05, 4.69) is 12.2 Å². The van der Waals surface area contributed by atoms with Crippen LogP contribution in [0.2, 0.25) is 0 Å². The van der Waals surface area contributed by atoms with Crippen LogP contribution in [0.4, 0.5) is 0 Å². The molecule has 1 unspecified atom stereocenters. The summed E-state index contributed by atoms with van der Waals surface area (Å²) in [6, 6.07) is 0.616. The Balaban J connectivity index is 2.04. The lowest BCUT2D eigenvalue weighted by Gasteiger charge is -2.40. The minimum absolute atomic E-state index is 0.146. The Bertz CT molecular complexity index is 217. The van der Waals surface area contributed by atoms with Gasteiger partial charge in [-0.05, 0) is 44.6 Å². The van der Waals surface area contributed by atoms with Crippen molar-refractivity contribution in [2.45, 2.75) is 76.4 Å². The molecule has 2 rings (SSSR count). The number of methoxy groups -OCH3 is 1. The molecule has 0 saturated heterocycles. The third-order valence-electron chi connectivity index (χ3n) is 4.63. The van der Waals surface area contributed by atoms with Gasteiger partial charge in [0.15, 0.2) is 0 Å². The molecule has 100 valence electrons. The molecule has 0 aromatic rings. The van der Waals surface area contributed by atoms with E-state index in [4.69, 9.17) is 4.74 Å². The fourth-order valence-corrected chi connectivity index (χ4v) is 3.48. The Morgan fingerprint density at radius 2 is 1.82 bits per heavy atom. The van der Waals surface area contributed by atoms with E-state index in [0.717, 1.165) is 12.5 Å². The molecule has 0 aromatic carbocycles. The molecule has 0 heterocycles. The van der Waals surface area contributed by atoms with Crippen molar-refractivity contribution in [1.82, 2.24) is 5.32 Å². The van der Waals surface area contributed by atoms with E-state index in [-0.39, 0.29) is 5.60 Å². The van der Waals surface area contributed by atoms with Gasteiger partial charge in [0.1, 0.15) is 0 Å². The Morgan fingerprint density at radius 1 is 1.18 bits per heavy atom. The molecule has 0 bridgehead atoms. The van der Waals surface area contributed by atoms with Crippen molar-refractivity contribution in [1.29, 1.82) is 0 Å². The molecule has 1 atom stereocenters. The number of rotatable bonds is 6. The van der Waals surface area contributed by atoms with Crippen LogP contribution in [0.1, 0.15) is 64.7 Å². The molecular formula is C15H29NO. The fourth-order valence-electron chi connectivity index (χ4n) is 3.48. The van der Waals surface area contributed by atoms with Crippen LogP contribution < -0.4 is 5.32 Å². The second kappa shape index (κ2) is 6.19. The third kappa shape index (κ3) is 3.23. The van der Waals surface area contributed by atoms with Crippen molar-refractivity contribution in [2.24, 2.45) is 5.92 Å². The van der Waals surface area contributed by atoms with E-state index in [1.807, 2.05) is 7.11 Å². The normalized spacial score (nSPS) is 26.5. The van der Waals surface area contributed by atoms with Gasteiger partial charge in [0.25, 0.3) is 0 Å². The average Bonchev–Trinajstić information content (AvgIpc) is 3.16. The van der Waals surface area contributed by atoms with Crippen LogP contribution in [0.15, 0.2) is 0 Å². The molecule has 2 saturated carbocycles. The molecule has 1 N–H and O–H groups in total. The second-order valence-electron chi connectivity index (χ2n) is 5.95. The van der Waals surface area contributed by atoms with Gasteiger partial charge >= 0.3 is 0 Å². The summed E-state index contributed by atoms with van der Waals surface area (Å²) < 4.78 is 6.06. The zero-order valence-electron chi connectivity index (χ0n) is 11.6. The number of hydrogen-bond donors (Lipinski definition) is 1. The standard InChI is InChI=1S/C15H29NO/c1-3-12-16-14(13-8-9-13)15(17-2)10-6-4-5-7-11-15/h13-14,16H,3-12H2,1-2H3. The largest absolute Gasteiger partial charge is 0.377 e. The van der Waals surface area contributed by atoms with Crippen LogP contribution >= 0.6 is 0 Å². The van der Waals surface area contributed by atoms with Gasteiger partial charge in [0.05, 0.1) is 5.60 Å². The Morgan fingerprint density at radius 3 is 2.29 bits per heavy atom. The molecule has 0 amide bonds. The van der Waals surface area contributed by atoms with Crippen molar-refractivity contribution >= 4 is 0 Å². The van der Waals surface area contributed by atoms with Gasteiger partial charge in [0.2, 0.25) is 0 Å². The van der Waals surface area contributed by atoms with Crippen LogP contribution in [0, 0.1) is 5.92 Å². The summed E-state index contributed by atoms with van der Waals surface area (Å²) in [6.45, 7) is 3.40. The summed E-state index contributed by atoms with van der Waals surface area (Å²) in [4.78, 5) is 0. The van der Waals surface area contributed by atoms with Crippen molar-refractivity contribution < 1.29 is 4.74 Å². The first-order chi connectivity index (χ1) is 8.32. The highest BCUT2D eigenvalue weighted by molar-refractivity contribution is 5.02. The number of nitrogens with one attached hydrogen (secondary N) is 1. The topological polar surface area (TPSA) is 21.3 Å². The van der Waals surface area contributed by atoms with Crippen LogP contribution in [-0.2, 0) is 4.74 Å². The fraction of sp³-hybridized carbons (Fsp3) is 1.00.